The van der Waals surface area contributed by atoms with E-state index in [0.29, 0.717) is 30.4 Å². The Morgan fingerprint density at radius 3 is 2.62 bits per heavy atom. The third-order valence-corrected chi connectivity index (χ3v) is 5.52. The number of carbonyl (C=O) groups is 1. The van der Waals surface area contributed by atoms with E-state index in [9.17, 15) is 9.18 Å². The summed E-state index contributed by atoms with van der Waals surface area (Å²) >= 11 is 1.48. The van der Waals surface area contributed by atoms with Crippen molar-refractivity contribution in [2.45, 2.75) is 25.7 Å². The van der Waals surface area contributed by atoms with Crippen molar-refractivity contribution in [2.75, 3.05) is 13.1 Å². The zero-order valence-electron chi connectivity index (χ0n) is 14.2. The first-order valence-electron chi connectivity index (χ1n) is 8.40. The fourth-order valence-corrected chi connectivity index (χ4v) is 3.83. The average Bonchev–Trinajstić information content (AvgIpc) is 3.31. The van der Waals surface area contributed by atoms with Gasteiger partial charge in [-0.3, -0.25) is 4.79 Å². The van der Waals surface area contributed by atoms with Gasteiger partial charge in [-0.1, -0.05) is 0 Å². The van der Waals surface area contributed by atoms with Crippen LogP contribution in [0.15, 0.2) is 34.2 Å². The Hall–Kier alpha value is -2.61. The summed E-state index contributed by atoms with van der Waals surface area (Å²) in [5.41, 5.74) is 3.14. The van der Waals surface area contributed by atoms with Crippen molar-refractivity contribution in [1.29, 1.82) is 0 Å². The minimum atomic E-state index is -0.344. The zero-order chi connectivity index (χ0) is 18.1. The number of carbonyl (C=O) groups excluding carboxylic acids is 1. The van der Waals surface area contributed by atoms with Crippen molar-refractivity contribution < 1.29 is 13.6 Å². The van der Waals surface area contributed by atoms with Gasteiger partial charge in [-0.2, -0.15) is 0 Å². The molecule has 0 bridgehead atoms. The van der Waals surface area contributed by atoms with Crippen LogP contribution in [-0.4, -0.2) is 39.1 Å². The summed E-state index contributed by atoms with van der Waals surface area (Å²) in [4.78, 5) is 19.4. The van der Waals surface area contributed by atoms with E-state index in [0.717, 1.165) is 23.4 Å². The highest BCUT2D eigenvalue weighted by molar-refractivity contribution is 7.13. The lowest BCUT2D eigenvalue weighted by molar-refractivity contribution is 0.0706. The Kier molecular flexibility index (Phi) is 4.50. The molecule has 1 aliphatic rings. The van der Waals surface area contributed by atoms with E-state index < -0.39 is 0 Å². The third kappa shape index (κ3) is 3.24. The molecule has 3 heterocycles. The number of likely N-dealkylation sites (tertiary alicyclic amines) is 1. The summed E-state index contributed by atoms with van der Waals surface area (Å²) in [6, 6.07) is 5.65. The number of hydrogen-bond donors (Lipinski definition) is 0. The number of aromatic nitrogens is 3. The number of halogens is 1. The van der Waals surface area contributed by atoms with Gasteiger partial charge in [0.2, 0.25) is 5.89 Å². The lowest BCUT2D eigenvalue weighted by Gasteiger charge is -2.30. The highest BCUT2D eigenvalue weighted by Gasteiger charge is 2.28. The summed E-state index contributed by atoms with van der Waals surface area (Å²) in [6.45, 7) is 3.13. The fourth-order valence-electron chi connectivity index (χ4n) is 3.10. The molecule has 8 heteroatoms. The highest BCUT2D eigenvalue weighted by atomic mass is 32.1. The molecule has 1 amide bonds. The van der Waals surface area contributed by atoms with Gasteiger partial charge in [-0.15, -0.1) is 21.5 Å². The smallest absolute Gasteiger partial charge is 0.259 e. The van der Waals surface area contributed by atoms with Gasteiger partial charge in [-0.25, -0.2) is 9.37 Å². The minimum absolute atomic E-state index is 0.0741. The fraction of sp³-hybridized carbons (Fsp3) is 0.333. The Morgan fingerprint density at radius 1 is 1.23 bits per heavy atom. The van der Waals surface area contributed by atoms with Crippen LogP contribution in [0.2, 0.25) is 0 Å². The van der Waals surface area contributed by atoms with Crippen LogP contribution in [-0.2, 0) is 0 Å². The van der Waals surface area contributed by atoms with E-state index in [1.165, 1.54) is 35.6 Å². The van der Waals surface area contributed by atoms with Crippen molar-refractivity contribution in [1.82, 2.24) is 20.1 Å². The molecule has 2 aromatic heterocycles. The molecule has 134 valence electrons. The molecule has 0 radical (unpaired) electrons. The molecule has 6 nitrogen and oxygen atoms in total. The number of amides is 1. The van der Waals surface area contributed by atoms with Crippen LogP contribution in [0.1, 0.15) is 40.7 Å². The molecule has 4 rings (SSSR count). The Labute approximate surface area is 153 Å². The maximum Gasteiger partial charge on any atom is 0.259 e. The maximum atomic E-state index is 13.0. The van der Waals surface area contributed by atoms with Crippen molar-refractivity contribution >= 4 is 17.2 Å². The van der Waals surface area contributed by atoms with Crippen molar-refractivity contribution in [3.8, 4) is 10.8 Å². The third-order valence-electron chi connectivity index (χ3n) is 4.60. The Balaban J connectivity index is 1.41. The topological polar surface area (TPSA) is 72.1 Å². The van der Waals surface area contributed by atoms with Crippen LogP contribution >= 0.6 is 11.3 Å². The first kappa shape index (κ1) is 16.8. The first-order valence-corrected chi connectivity index (χ1v) is 9.28. The molecule has 0 N–H and O–H groups in total. The van der Waals surface area contributed by atoms with E-state index in [4.69, 9.17) is 4.42 Å². The van der Waals surface area contributed by atoms with Gasteiger partial charge in [0.15, 0.2) is 0 Å². The van der Waals surface area contributed by atoms with E-state index in [1.54, 1.807) is 10.4 Å². The molecular weight excluding hydrogens is 355 g/mol. The van der Waals surface area contributed by atoms with Gasteiger partial charge < -0.3 is 9.32 Å². The van der Waals surface area contributed by atoms with Gasteiger partial charge in [0.1, 0.15) is 10.7 Å². The Bertz CT molecular complexity index is 913. The maximum absolute atomic E-state index is 13.0. The predicted octanol–water partition coefficient (Wildman–Crippen LogP) is 3.66. The number of piperidine rings is 1. The standard InChI is InChI=1S/C18H17FN4O2S/c1-11-15(26-10-20-11)17-22-21-16(25-17)12-6-8-23(9-7-12)18(24)13-2-4-14(19)5-3-13/h2-5,10,12H,6-9H2,1H3. The van der Waals surface area contributed by atoms with E-state index >= 15 is 0 Å². The molecule has 1 aliphatic heterocycles. The minimum Gasteiger partial charge on any atom is -0.420 e. The van der Waals surface area contributed by atoms with Crippen molar-refractivity contribution in [2.24, 2.45) is 0 Å². The summed E-state index contributed by atoms with van der Waals surface area (Å²) in [5, 5.41) is 8.33. The monoisotopic (exact) mass is 372 g/mol. The molecule has 0 aliphatic carbocycles. The summed E-state index contributed by atoms with van der Waals surface area (Å²) in [5.74, 6) is 0.840. The molecule has 0 saturated carbocycles. The number of nitrogens with zero attached hydrogens (tertiary/aromatic N) is 4. The first-order chi connectivity index (χ1) is 12.6. The molecular formula is C18H17FN4O2S. The van der Waals surface area contributed by atoms with Crippen LogP contribution in [0.25, 0.3) is 10.8 Å². The molecule has 0 atom stereocenters. The quantitative estimate of drug-likeness (QED) is 0.702. The van der Waals surface area contributed by atoms with Gasteiger partial charge >= 0.3 is 0 Å². The molecule has 1 aromatic carbocycles. The van der Waals surface area contributed by atoms with Gasteiger partial charge in [0.25, 0.3) is 11.8 Å². The van der Waals surface area contributed by atoms with E-state index in [-0.39, 0.29) is 17.6 Å². The highest BCUT2D eigenvalue weighted by Crippen LogP contribution is 2.32. The second-order valence-corrected chi connectivity index (χ2v) is 7.14. The van der Waals surface area contributed by atoms with Crippen LogP contribution in [0.4, 0.5) is 4.39 Å². The van der Waals surface area contributed by atoms with Gasteiger partial charge in [0.05, 0.1) is 11.2 Å². The molecule has 1 saturated heterocycles. The number of thiazole rings is 1. The van der Waals surface area contributed by atoms with Gasteiger partial charge in [-0.05, 0) is 44.0 Å². The lowest BCUT2D eigenvalue weighted by atomic mass is 9.96. The second-order valence-electron chi connectivity index (χ2n) is 6.29. The average molecular weight is 372 g/mol. The SMILES string of the molecule is Cc1ncsc1-c1nnc(C2CCN(C(=O)c3ccc(F)cc3)CC2)o1. The molecule has 0 spiro atoms. The lowest BCUT2D eigenvalue weighted by Crippen LogP contribution is -2.38. The summed E-state index contributed by atoms with van der Waals surface area (Å²) in [6.07, 6.45) is 1.52. The van der Waals surface area contributed by atoms with Crippen LogP contribution in [0.5, 0.6) is 0 Å². The molecule has 0 unspecified atom stereocenters. The van der Waals surface area contributed by atoms with Gasteiger partial charge in [0, 0.05) is 24.6 Å². The second kappa shape index (κ2) is 6.95. The van der Waals surface area contributed by atoms with Crippen molar-refractivity contribution in [3.05, 3.63) is 52.7 Å². The molecule has 3 aromatic rings. The van der Waals surface area contributed by atoms with E-state index in [2.05, 4.69) is 15.2 Å². The summed E-state index contributed by atoms with van der Waals surface area (Å²) < 4.78 is 18.9. The van der Waals surface area contributed by atoms with Crippen molar-refractivity contribution in [3.63, 3.8) is 0 Å². The molecule has 1 fully saturated rings. The number of aryl methyl sites for hydroxylation is 1. The Morgan fingerprint density at radius 2 is 1.96 bits per heavy atom. The summed E-state index contributed by atoms with van der Waals surface area (Å²) in [7, 11) is 0. The molecule has 26 heavy (non-hydrogen) atoms. The number of hydrogen-bond acceptors (Lipinski definition) is 6. The number of rotatable bonds is 3. The zero-order valence-corrected chi connectivity index (χ0v) is 15.0. The van der Waals surface area contributed by atoms with Crippen LogP contribution in [0, 0.1) is 12.7 Å². The number of benzene rings is 1. The largest absolute Gasteiger partial charge is 0.420 e. The van der Waals surface area contributed by atoms with E-state index in [1.807, 2.05) is 6.92 Å². The van der Waals surface area contributed by atoms with Crippen LogP contribution in [0.3, 0.4) is 0 Å². The van der Waals surface area contributed by atoms with Crippen LogP contribution < -0.4 is 0 Å². The normalized spacial score (nSPS) is 15.4. The predicted molar refractivity (Wildman–Crippen MR) is 94.4 cm³/mol.